The molecule has 5 nitrogen and oxygen atoms in total. The molecule has 3 N–H and O–H groups in total. The van der Waals surface area contributed by atoms with Crippen molar-refractivity contribution < 1.29 is 9.90 Å². The molecular weight excluding hydrogens is 338 g/mol. The van der Waals surface area contributed by atoms with Gasteiger partial charge >= 0.3 is 0 Å². The van der Waals surface area contributed by atoms with E-state index in [4.69, 9.17) is 16.7 Å². The molecule has 134 valence electrons. The molecule has 0 radical (unpaired) electrons. The molecule has 1 aromatic rings. The maximum absolute atomic E-state index is 11.8. The van der Waals surface area contributed by atoms with Gasteiger partial charge in [0.1, 0.15) is 6.61 Å². The fraction of sp³-hybridized carbons (Fsp3) is 0.684. The van der Waals surface area contributed by atoms with Crippen molar-refractivity contribution in [3.05, 3.63) is 23.5 Å². The third-order valence-electron chi connectivity index (χ3n) is 6.97. The van der Waals surface area contributed by atoms with Gasteiger partial charge in [-0.25, -0.2) is 0 Å². The zero-order valence-electron chi connectivity index (χ0n) is 14.2. The minimum absolute atomic E-state index is 0.0307. The van der Waals surface area contributed by atoms with Crippen molar-refractivity contribution in [3.63, 3.8) is 0 Å². The molecule has 0 aromatic carbocycles. The number of aliphatic hydroxyl groups excluding tert-OH is 1. The van der Waals surface area contributed by atoms with Crippen LogP contribution in [0.3, 0.4) is 0 Å². The molecule has 5 aliphatic carbocycles. The van der Waals surface area contributed by atoms with Gasteiger partial charge in [0, 0.05) is 23.2 Å². The minimum atomic E-state index is -0.414. The number of allylic oxidation sites excluding steroid dienone is 2. The summed E-state index contributed by atoms with van der Waals surface area (Å²) < 4.78 is 0. The molecule has 3 atom stereocenters. The van der Waals surface area contributed by atoms with E-state index in [-0.39, 0.29) is 16.8 Å². The molecule has 0 aliphatic heterocycles. The third kappa shape index (κ3) is 2.47. The number of aromatic nitrogens is 2. The number of hydrogen-bond acceptors (Lipinski definition) is 3. The number of nitrogens with one attached hydrogen (secondary N) is 2. The van der Waals surface area contributed by atoms with E-state index in [1.807, 2.05) is 6.20 Å². The highest BCUT2D eigenvalue weighted by Crippen LogP contribution is 2.61. The first-order valence-corrected chi connectivity index (χ1v) is 9.81. The molecule has 3 unspecified atom stereocenters. The second-order valence-corrected chi connectivity index (χ2v) is 9.15. The SMILES string of the molecule is O=C(CO)NC12CC3CC(C1)C(C1=CC(Cl)Cc4[nH]ncc41)C(C3)C2. The Balaban J connectivity index is 1.47. The second-order valence-electron chi connectivity index (χ2n) is 8.59. The van der Waals surface area contributed by atoms with Crippen LogP contribution < -0.4 is 5.32 Å². The van der Waals surface area contributed by atoms with Gasteiger partial charge in [-0.1, -0.05) is 6.08 Å². The van der Waals surface area contributed by atoms with Crippen molar-refractivity contribution in [3.8, 4) is 0 Å². The van der Waals surface area contributed by atoms with E-state index < -0.39 is 6.61 Å². The number of aliphatic hydroxyl groups is 1. The molecular formula is C19H24ClN3O2. The van der Waals surface area contributed by atoms with Crippen LogP contribution in [0.15, 0.2) is 12.3 Å². The first kappa shape index (κ1) is 15.9. The van der Waals surface area contributed by atoms with Gasteiger partial charge in [0.25, 0.3) is 0 Å². The van der Waals surface area contributed by atoms with Crippen LogP contribution in [-0.4, -0.2) is 38.7 Å². The molecule has 5 aliphatic rings. The average molecular weight is 362 g/mol. The number of aromatic amines is 1. The van der Waals surface area contributed by atoms with Crippen LogP contribution in [0.2, 0.25) is 0 Å². The lowest BCUT2D eigenvalue weighted by molar-refractivity contribution is -0.130. The van der Waals surface area contributed by atoms with Gasteiger partial charge in [-0.05, 0) is 61.3 Å². The first-order chi connectivity index (χ1) is 12.1. The van der Waals surface area contributed by atoms with Crippen LogP contribution in [0.25, 0.3) is 5.57 Å². The Morgan fingerprint density at radius 1 is 1.36 bits per heavy atom. The molecule has 1 heterocycles. The van der Waals surface area contributed by atoms with Crippen LogP contribution >= 0.6 is 11.6 Å². The summed E-state index contributed by atoms with van der Waals surface area (Å²) in [5, 5.41) is 19.7. The quantitative estimate of drug-likeness (QED) is 0.722. The summed E-state index contributed by atoms with van der Waals surface area (Å²) in [6.07, 6.45) is 10.6. The van der Waals surface area contributed by atoms with Crippen LogP contribution in [-0.2, 0) is 11.2 Å². The standard InChI is InChI=1S/C19H24ClN3O2/c20-13-3-14(15-8-21-23-16(15)4-13)18-11-1-10-2-12(18)7-19(5-10,6-11)22-17(25)9-24/h3,8,10-13,18,24H,1-2,4-7,9H2,(H,21,23)(H,22,25). The maximum atomic E-state index is 11.8. The van der Waals surface area contributed by atoms with Crippen molar-refractivity contribution >= 4 is 23.1 Å². The lowest BCUT2D eigenvalue weighted by Crippen LogP contribution is -2.62. The average Bonchev–Trinajstić information content (AvgIpc) is 3.01. The van der Waals surface area contributed by atoms with Gasteiger partial charge in [-0.15, -0.1) is 11.6 Å². The molecule has 4 bridgehead atoms. The molecule has 6 heteroatoms. The zero-order chi connectivity index (χ0) is 17.2. The van der Waals surface area contributed by atoms with E-state index in [2.05, 4.69) is 21.6 Å². The van der Waals surface area contributed by atoms with E-state index >= 15 is 0 Å². The number of H-pyrrole nitrogens is 1. The Bertz CT molecular complexity index is 727. The summed E-state index contributed by atoms with van der Waals surface area (Å²) in [6.45, 7) is -0.414. The number of carbonyl (C=O) groups excluding carboxylic acids is 1. The highest BCUT2D eigenvalue weighted by molar-refractivity contribution is 6.22. The number of amides is 1. The summed E-state index contributed by atoms with van der Waals surface area (Å²) in [5.74, 6) is 2.16. The number of halogens is 1. The summed E-state index contributed by atoms with van der Waals surface area (Å²) in [4.78, 5) is 11.8. The molecule has 0 spiro atoms. The summed E-state index contributed by atoms with van der Waals surface area (Å²) in [7, 11) is 0. The monoisotopic (exact) mass is 361 g/mol. The fourth-order valence-corrected chi connectivity index (χ4v) is 6.86. The smallest absolute Gasteiger partial charge is 0.246 e. The highest BCUT2D eigenvalue weighted by atomic mass is 35.5. The van der Waals surface area contributed by atoms with E-state index in [9.17, 15) is 4.79 Å². The van der Waals surface area contributed by atoms with E-state index in [1.165, 1.54) is 24.0 Å². The highest BCUT2D eigenvalue weighted by Gasteiger charge is 2.56. The van der Waals surface area contributed by atoms with Gasteiger partial charge in [0.2, 0.25) is 5.91 Å². The molecule has 1 amide bonds. The zero-order valence-corrected chi connectivity index (χ0v) is 14.9. The second kappa shape index (κ2) is 5.58. The number of alkyl halides is 1. The van der Waals surface area contributed by atoms with Crippen LogP contribution in [0.1, 0.15) is 43.4 Å². The lowest BCUT2D eigenvalue weighted by atomic mass is 9.47. The number of rotatable bonds is 3. The molecule has 4 saturated carbocycles. The molecule has 1 aromatic heterocycles. The van der Waals surface area contributed by atoms with Crippen molar-refractivity contribution in [1.82, 2.24) is 15.5 Å². The van der Waals surface area contributed by atoms with Gasteiger partial charge in [-0.3, -0.25) is 9.89 Å². The minimum Gasteiger partial charge on any atom is -0.387 e. The van der Waals surface area contributed by atoms with Crippen LogP contribution in [0.4, 0.5) is 0 Å². The Hall–Kier alpha value is -1.33. The van der Waals surface area contributed by atoms with Crippen molar-refractivity contribution in [2.24, 2.45) is 23.7 Å². The van der Waals surface area contributed by atoms with E-state index in [1.54, 1.807) is 0 Å². The number of hydrogen-bond donors (Lipinski definition) is 3. The van der Waals surface area contributed by atoms with Gasteiger partial charge in [0.05, 0.1) is 11.6 Å². The Kier molecular flexibility index (Phi) is 3.55. The van der Waals surface area contributed by atoms with Crippen LogP contribution in [0, 0.1) is 23.7 Å². The first-order valence-electron chi connectivity index (χ1n) is 9.37. The molecule has 25 heavy (non-hydrogen) atoms. The number of fused-ring (bicyclic) bond motifs is 1. The van der Waals surface area contributed by atoms with Gasteiger partial charge in [-0.2, -0.15) is 5.10 Å². The topological polar surface area (TPSA) is 78.0 Å². The number of nitrogens with zero attached hydrogens (tertiary/aromatic N) is 1. The summed E-state index contributed by atoms with van der Waals surface area (Å²) >= 11 is 6.52. The summed E-state index contributed by atoms with van der Waals surface area (Å²) in [6, 6.07) is 0. The van der Waals surface area contributed by atoms with E-state index in [0.717, 1.165) is 31.4 Å². The van der Waals surface area contributed by atoms with Gasteiger partial charge < -0.3 is 10.4 Å². The fourth-order valence-electron chi connectivity index (χ4n) is 6.57. The van der Waals surface area contributed by atoms with Crippen molar-refractivity contribution in [2.75, 3.05) is 6.61 Å². The predicted octanol–water partition coefficient (Wildman–Crippen LogP) is 2.26. The van der Waals surface area contributed by atoms with Crippen molar-refractivity contribution in [1.29, 1.82) is 0 Å². The Morgan fingerprint density at radius 3 is 2.84 bits per heavy atom. The molecule has 4 fully saturated rings. The number of carbonyl (C=O) groups is 1. The summed E-state index contributed by atoms with van der Waals surface area (Å²) in [5.41, 5.74) is 3.70. The van der Waals surface area contributed by atoms with E-state index in [0.29, 0.717) is 23.7 Å². The largest absolute Gasteiger partial charge is 0.387 e. The van der Waals surface area contributed by atoms with Gasteiger partial charge in [0.15, 0.2) is 0 Å². The van der Waals surface area contributed by atoms with Crippen molar-refractivity contribution in [2.45, 2.75) is 49.4 Å². The van der Waals surface area contributed by atoms with Crippen LogP contribution in [0.5, 0.6) is 0 Å². The normalized spacial score (nSPS) is 41.4. The third-order valence-corrected chi connectivity index (χ3v) is 7.25. The predicted molar refractivity (Wildman–Crippen MR) is 94.9 cm³/mol. The Labute approximate surface area is 152 Å². The maximum Gasteiger partial charge on any atom is 0.246 e. The molecule has 0 saturated heterocycles. The lowest BCUT2D eigenvalue weighted by Gasteiger charge is -2.60. The Morgan fingerprint density at radius 2 is 2.12 bits per heavy atom. The molecule has 6 rings (SSSR count).